The van der Waals surface area contributed by atoms with E-state index in [0.29, 0.717) is 6.04 Å². The molecule has 6 heteroatoms. The number of carbonyl (C=O) groups excluding carboxylic acids is 1. The number of benzene rings is 2. The molecule has 2 saturated heterocycles. The summed E-state index contributed by atoms with van der Waals surface area (Å²) in [6.07, 6.45) is 1.07. The smallest absolute Gasteiger partial charge is 0.256 e. The van der Waals surface area contributed by atoms with Gasteiger partial charge in [0.05, 0.1) is 11.3 Å². The molecule has 0 spiro atoms. The number of hydrogen-bond donors (Lipinski definition) is 2. The first-order valence-corrected chi connectivity index (χ1v) is 9.46. The Morgan fingerprint density at radius 3 is 2.44 bits per heavy atom. The van der Waals surface area contributed by atoms with Crippen LogP contribution in [0.15, 0.2) is 54.6 Å². The lowest BCUT2D eigenvalue weighted by atomic mass is 10.1. The molecule has 27 heavy (non-hydrogen) atoms. The number of piperazine rings is 1. The van der Waals surface area contributed by atoms with Crippen LogP contribution in [0.1, 0.15) is 16.8 Å². The molecule has 2 N–H and O–H groups in total. The molecule has 0 aliphatic carbocycles. The van der Waals surface area contributed by atoms with Crippen molar-refractivity contribution < 1.29 is 4.79 Å². The van der Waals surface area contributed by atoms with Crippen molar-refractivity contribution in [1.29, 1.82) is 0 Å². The second-order valence-corrected chi connectivity index (χ2v) is 7.02. The average molecular weight is 387 g/mol. The molecule has 2 fully saturated rings. The van der Waals surface area contributed by atoms with Gasteiger partial charge in [-0.25, -0.2) is 0 Å². The fraction of sp³-hybridized carbons (Fsp3) is 0.381. The predicted molar refractivity (Wildman–Crippen MR) is 112 cm³/mol. The average Bonchev–Trinajstić information content (AvgIpc) is 3.20. The van der Waals surface area contributed by atoms with Crippen molar-refractivity contribution in [3.63, 3.8) is 0 Å². The third kappa shape index (κ3) is 4.61. The van der Waals surface area contributed by atoms with Gasteiger partial charge in [-0.2, -0.15) is 0 Å². The van der Waals surface area contributed by atoms with E-state index in [1.807, 2.05) is 59.5 Å². The summed E-state index contributed by atoms with van der Waals surface area (Å²) in [6, 6.07) is 18.3. The highest BCUT2D eigenvalue weighted by Gasteiger charge is 2.31. The van der Waals surface area contributed by atoms with Crippen LogP contribution in [0.5, 0.6) is 0 Å². The van der Waals surface area contributed by atoms with E-state index in [-0.39, 0.29) is 18.3 Å². The molecule has 2 heterocycles. The number of nitrogens with one attached hydrogen (secondary N) is 2. The molecular formula is C21H27ClN4O. The SMILES string of the molecule is Cl.O=C(c1ccccc1Nc1ccccc1)N1CCC(N2CCNCC2)C1. The summed E-state index contributed by atoms with van der Waals surface area (Å²) in [5, 5.41) is 6.78. The van der Waals surface area contributed by atoms with Crippen LogP contribution < -0.4 is 10.6 Å². The van der Waals surface area contributed by atoms with Gasteiger partial charge in [0.2, 0.25) is 0 Å². The lowest BCUT2D eigenvalue weighted by Crippen LogP contribution is -2.49. The highest BCUT2D eigenvalue weighted by atomic mass is 35.5. The van der Waals surface area contributed by atoms with Gasteiger partial charge in [-0.3, -0.25) is 9.69 Å². The Morgan fingerprint density at radius 1 is 0.963 bits per heavy atom. The monoisotopic (exact) mass is 386 g/mol. The molecule has 4 rings (SSSR count). The summed E-state index contributed by atoms with van der Waals surface area (Å²) in [4.78, 5) is 17.7. The number of rotatable bonds is 4. The number of amides is 1. The van der Waals surface area contributed by atoms with Gasteiger partial charge in [-0.05, 0) is 30.7 Å². The first-order valence-electron chi connectivity index (χ1n) is 9.46. The molecule has 2 aliphatic heterocycles. The van der Waals surface area contributed by atoms with Crippen LogP contribution in [-0.4, -0.2) is 61.0 Å². The van der Waals surface area contributed by atoms with Crippen LogP contribution in [0.2, 0.25) is 0 Å². The van der Waals surface area contributed by atoms with Crippen molar-refractivity contribution in [2.24, 2.45) is 0 Å². The maximum absolute atomic E-state index is 13.1. The number of hydrogen-bond acceptors (Lipinski definition) is 4. The van der Waals surface area contributed by atoms with Crippen LogP contribution in [0.3, 0.4) is 0 Å². The van der Waals surface area contributed by atoms with Crippen molar-refractivity contribution in [1.82, 2.24) is 15.1 Å². The van der Waals surface area contributed by atoms with E-state index in [4.69, 9.17) is 0 Å². The summed E-state index contributed by atoms with van der Waals surface area (Å²) in [5.74, 6) is 0.127. The van der Waals surface area contributed by atoms with Crippen molar-refractivity contribution in [2.45, 2.75) is 12.5 Å². The van der Waals surface area contributed by atoms with E-state index >= 15 is 0 Å². The van der Waals surface area contributed by atoms with Crippen molar-refractivity contribution in [3.05, 3.63) is 60.2 Å². The van der Waals surface area contributed by atoms with Crippen LogP contribution in [-0.2, 0) is 0 Å². The van der Waals surface area contributed by atoms with Crippen molar-refractivity contribution >= 4 is 29.7 Å². The quantitative estimate of drug-likeness (QED) is 0.848. The van der Waals surface area contributed by atoms with Gasteiger partial charge in [0.25, 0.3) is 5.91 Å². The molecule has 1 amide bonds. The molecule has 0 radical (unpaired) electrons. The Balaban J connectivity index is 0.00000210. The lowest BCUT2D eigenvalue weighted by Gasteiger charge is -2.32. The first-order chi connectivity index (χ1) is 12.8. The van der Waals surface area contributed by atoms with Crippen molar-refractivity contribution in [3.8, 4) is 0 Å². The molecule has 1 atom stereocenters. The predicted octanol–water partition coefficient (Wildman–Crippen LogP) is 2.97. The largest absolute Gasteiger partial charge is 0.355 e. The minimum atomic E-state index is 0. The van der Waals surface area contributed by atoms with Crippen LogP contribution in [0.25, 0.3) is 0 Å². The van der Waals surface area contributed by atoms with E-state index in [9.17, 15) is 4.79 Å². The molecule has 1 unspecified atom stereocenters. The van der Waals surface area contributed by atoms with E-state index in [0.717, 1.165) is 62.6 Å². The normalized spacial score (nSPS) is 20.1. The third-order valence-corrected chi connectivity index (χ3v) is 5.33. The van der Waals surface area contributed by atoms with Gasteiger partial charge in [-0.1, -0.05) is 30.3 Å². The number of carbonyl (C=O) groups is 1. The zero-order valence-electron chi connectivity index (χ0n) is 15.4. The zero-order chi connectivity index (χ0) is 17.8. The van der Waals surface area contributed by atoms with E-state index < -0.39 is 0 Å². The second kappa shape index (κ2) is 9.22. The number of likely N-dealkylation sites (tertiary alicyclic amines) is 1. The first kappa shape index (κ1) is 19.7. The minimum Gasteiger partial charge on any atom is -0.355 e. The van der Waals surface area contributed by atoms with E-state index in [1.54, 1.807) is 0 Å². The molecule has 144 valence electrons. The summed E-state index contributed by atoms with van der Waals surface area (Å²) >= 11 is 0. The van der Waals surface area contributed by atoms with Gasteiger partial charge in [0.1, 0.15) is 0 Å². The molecular weight excluding hydrogens is 360 g/mol. The zero-order valence-corrected chi connectivity index (χ0v) is 16.3. The molecule has 2 aromatic carbocycles. The molecule has 5 nitrogen and oxygen atoms in total. The third-order valence-electron chi connectivity index (χ3n) is 5.33. The Morgan fingerprint density at radius 2 is 1.67 bits per heavy atom. The Labute approximate surface area is 167 Å². The Kier molecular flexibility index (Phi) is 6.72. The summed E-state index contributed by atoms with van der Waals surface area (Å²) < 4.78 is 0. The molecule has 2 aromatic rings. The summed E-state index contributed by atoms with van der Waals surface area (Å²) in [7, 11) is 0. The highest BCUT2D eigenvalue weighted by molar-refractivity contribution is 6.00. The van der Waals surface area contributed by atoms with E-state index in [2.05, 4.69) is 15.5 Å². The van der Waals surface area contributed by atoms with Gasteiger partial charge in [-0.15, -0.1) is 12.4 Å². The van der Waals surface area contributed by atoms with E-state index in [1.165, 1.54) is 0 Å². The second-order valence-electron chi connectivity index (χ2n) is 7.02. The molecule has 0 bridgehead atoms. The maximum Gasteiger partial charge on any atom is 0.256 e. The standard InChI is InChI=1S/C21H26N4O.ClH/c26-21(25-13-10-18(16-25)24-14-11-22-12-15-24)19-8-4-5-9-20(19)23-17-6-2-1-3-7-17;/h1-9,18,22-23H,10-16H2;1H. The number of halogens is 1. The van der Waals surface area contributed by atoms with Gasteiger partial charge in [0.15, 0.2) is 0 Å². The van der Waals surface area contributed by atoms with Gasteiger partial charge in [0, 0.05) is 51.0 Å². The number of para-hydroxylation sites is 2. The maximum atomic E-state index is 13.1. The van der Waals surface area contributed by atoms with Gasteiger partial charge < -0.3 is 15.5 Å². The molecule has 2 aliphatic rings. The lowest BCUT2D eigenvalue weighted by molar-refractivity contribution is 0.0774. The topological polar surface area (TPSA) is 47.6 Å². The van der Waals surface area contributed by atoms with Crippen LogP contribution in [0, 0.1) is 0 Å². The fourth-order valence-corrected chi connectivity index (χ4v) is 3.90. The minimum absolute atomic E-state index is 0. The fourth-order valence-electron chi connectivity index (χ4n) is 3.90. The number of nitrogens with zero attached hydrogens (tertiary/aromatic N) is 2. The highest BCUT2D eigenvalue weighted by Crippen LogP contribution is 2.25. The molecule has 0 saturated carbocycles. The van der Waals surface area contributed by atoms with Crippen LogP contribution in [0.4, 0.5) is 11.4 Å². The Hall–Kier alpha value is -2.08. The number of anilines is 2. The summed E-state index contributed by atoms with van der Waals surface area (Å²) in [6.45, 7) is 5.94. The van der Waals surface area contributed by atoms with Crippen molar-refractivity contribution in [2.75, 3.05) is 44.6 Å². The summed E-state index contributed by atoms with van der Waals surface area (Å²) in [5.41, 5.74) is 2.61. The van der Waals surface area contributed by atoms with Crippen LogP contribution >= 0.6 is 12.4 Å². The van der Waals surface area contributed by atoms with Gasteiger partial charge >= 0.3 is 0 Å². The Bertz CT molecular complexity index is 749. The molecule has 0 aromatic heterocycles.